The van der Waals surface area contributed by atoms with Crippen molar-refractivity contribution in [3.05, 3.63) is 41.3 Å². The third-order valence-corrected chi connectivity index (χ3v) is 7.20. The largest absolute Gasteiger partial charge is 0.350 e. The second-order valence-corrected chi connectivity index (χ2v) is 10.3. The van der Waals surface area contributed by atoms with E-state index in [0.717, 1.165) is 25.5 Å². The first-order valence-electron chi connectivity index (χ1n) is 10.4. The van der Waals surface area contributed by atoms with Gasteiger partial charge in [-0.15, -0.1) is 0 Å². The zero-order valence-corrected chi connectivity index (χ0v) is 20.0. The minimum absolute atomic E-state index is 0.00531. The molecule has 174 valence electrons. The Bertz CT molecular complexity index is 1040. The molecule has 3 rings (SSSR count). The molecule has 0 unspecified atom stereocenters. The van der Waals surface area contributed by atoms with Gasteiger partial charge in [-0.2, -0.15) is 0 Å². The van der Waals surface area contributed by atoms with Crippen molar-refractivity contribution in [2.24, 2.45) is 5.92 Å². The van der Waals surface area contributed by atoms with Gasteiger partial charge in [0.05, 0.1) is 28.0 Å². The van der Waals surface area contributed by atoms with Crippen LogP contribution in [-0.2, 0) is 24.1 Å². The molecule has 2 aromatic rings. The summed E-state index contributed by atoms with van der Waals surface area (Å²) in [4.78, 5) is 23.4. The fourth-order valence-corrected chi connectivity index (χ4v) is 5.30. The second-order valence-electron chi connectivity index (χ2n) is 7.91. The molecular weight excluding hydrogens is 454 g/mol. The van der Waals surface area contributed by atoms with E-state index >= 15 is 0 Å². The molecule has 1 aromatic heterocycles. The molecule has 1 fully saturated rings. The summed E-state index contributed by atoms with van der Waals surface area (Å²) in [6, 6.07) is 4.42. The summed E-state index contributed by atoms with van der Waals surface area (Å²) >= 11 is 6.25. The number of methoxy groups -OCH3 is 2. The van der Waals surface area contributed by atoms with Gasteiger partial charge >= 0.3 is 0 Å². The SMILES string of the molecule is COC(OC)c1cnc(N(C(=O)CCC2CCCC2)c2ccc(S(C)(=O)=O)c(Cl)c2)cn1. The van der Waals surface area contributed by atoms with E-state index in [-0.39, 0.29) is 15.8 Å². The van der Waals surface area contributed by atoms with Crippen LogP contribution in [0.3, 0.4) is 0 Å². The lowest BCUT2D eigenvalue weighted by Gasteiger charge is -2.23. The van der Waals surface area contributed by atoms with Gasteiger partial charge in [0.25, 0.3) is 0 Å². The molecule has 1 aliphatic rings. The van der Waals surface area contributed by atoms with Gasteiger partial charge < -0.3 is 9.47 Å². The van der Waals surface area contributed by atoms with Crippen molar-refractivity contribution < 1.29 is 22.7 Å². The van der Waals surface area contributed by atoms with Crippen LogP contribution in [0.4, 0.5) is 11.5 Å². The van der Waals surface area contributed by atoms with E-state index in [4.69, 9.17) is 21.1 Å². The van der Waals surface area contributed by atoms with E-state index in [1.165, 1.54) is 56.5 Å². The highest BCUT2D eigenvalue weighted by atomic mass is 35.5. The second kappa shape index (κ2) is 10.7. The molecule has 1 amide bonds. The van der Waals surface area contributed by atoms with Crippen LogP contribution in [0.1, 0.15) is 50.5 Å². The maximum Gasteiger partial charge on any atom is 0.232 e. The Morgan fingerprint density at radius 1 is 1.19 bits per heavy atom. The number of amides is 1. The molecular formula is C22H28ClN3O5S. The number of benzene rings is 1. The van der Waals surface area contributed by atoms with Crippen molar-refractivity contribution in [2.45, 2.75) is 49.7 Å². The van der Waals surface area contributed by atoms with Gasteiger partial charge in [-0.1, -0.05) is 37.3 Å². The highest BCUT2D eigenvalue weighted by Gasteiger charge is 2.25. The molecule has 10 heteroatoms. The van der Waals surface area contributed by atoms with Crippen LogP contribution in [0, 0.1) is 5.92 Å². The number of carbonyl (C=O) groups is 1. The van der Waals surface area contributed by atoms with Crippen molar-refractivity contribution in [3.8, 4) is 0 Å². The number of aromatic nitrogens is 2. The zero-order valence-electron chi connectivity index (χ0n) is 18.5. The van der Waals surface area contributed by atoms with Crippen LogP contribution in [0.2, 0.25) is 5.02 Å². The van der Waals surface area contributed by atoms with Crippen LogP contribution in [-0.4, -0.2) is 44.8 Å². The number of hydrogen-bond donors (Lipinski definition) is 0. The summed E-state index contributed by atoms with van der Waals surface area (Å²) in [5.41, 5.74) is 0.887. The van der Waals surface area contributed by atoms with Crippen LogP contribution < -0.4 is 4.90 Å². The number of halogens is 1. The smallest absolute Gasteiger partial charge is 0.232 e. The van der Waals surface area contributed by atoms with E-state index in [1.807, 2.05) is 0 Å². The summed E-state index contributed by atoms with van der Waals surface area (Å²) in [5, 5.41) is 0.0435. The molecule has 0 bridgehead atoms. The minimum atomic E-state index is -3.49. The third kappa shape index (κ3) is 5.83. The van der Waals surface area contributed by atoms with E-state index in [9.17, 15) is 13.2 Å². The summed E-state index contributed by atoms with van der Waals surface area (Å²) in [6.45, 7) is 0. The Labute approximate surface area is 193 Å². The Morgan fingerprint density at radius 3 is 2.41 bits per heavy atom. The molecule has 8 nitrogen and oxygen atoms in total. The number of ether oxygens (including phenoxy) is 2. The lowest BCUT2D eigenvalue weighted by Crippen LogP contribution is -2.27. The van der Waals surface area contributed by atoms with E-state index < -0.39 is 16.1 Å². The normalized spacial score (nSPS) is 14.8. The fourth-order valence-electron chi connectivity index (χ4n) is 3.98. The van der Waals surface area contributed by atoms with Crippen LogP contribution in [0.25, 0.3) is 0 Å². The van der Waals surface area contributed by atoms with Crippen molar-refractivity contribution in [1.82, 2.24) is 9.97 Å². The molecule has 0 spiro atoms. The number of sulfone groups is 1. The van der Waals surface area contributed by atoms with Crippen LogP contribution in [0.5, 0.6) is 0 Å². The predicted molar refractivity (Wildman–Crippen MR) is 122 cm³/mol. The van der Waals surface area contributed by atoms with E-state index in [0.29, 0.717) is 29.5 Å². The number of anilines is 2. The molecule has 1 aromatic carbocycles. The predicted octanol–water partition coefficient (Wildman–Crippen LogP) is 4.46. The topological polar surface area (TPSA) is 98.7 Å². The number of carbonyl (C=O) groups excluding carboxylic acids is 1. The van der Waals surface area contributed by atoms with Crippen molar-refractivity contribution >= 4 is 38.9 Å². The van der Waals surface area contributed by atoms with Gasteiger partial charge in [0.15, 0.2) is 15.7 Å². The molecule has 0 N–H and O–H groups in total. The number of rotatable bonds is 9. The number of nitrogens with zero attached hydrogens (tertiary/aromatic N) is 3. The van der Waals surface area contributed by atoms with Crippen LogP contribution >= 0.6 is 11.6 Å². The highest BCUT2D eigenvalue weighted by Crippen LogP contribution is 2.33. The van der Waals surface area contributed by atoms with Gasteiger partial charge in [-0.3, -0.25) is 14.7 Å². The summed E-state index contributed by atoms with van der Waals surface area (Å²) in [6.07, 6.45) is 9.21. The van der Waals surface area contributed by atoms with Crippen molar-refractivity contribution in [2.75, 3.05) is 25.4 Å². The Balaban J connectivity index is 1.94. The van der Waals surface area contributed by atoms with Gasteiger partial charge in [0, 0.05) is 26.9 Å². The third-order valence-electron chi connectivity index (χ3n) is 5.62. The molecule has 1 heterocycles. The minimum Gasteiger partial charge on any atom is -0.350 e. The zero-order chi connectivity index (χ0) is 23.3. The molecule has 0 atom stereocenters. The molecule has 0 aliphatic heterocycles. The monoisotopic (exact) mass is 481 g/mol. The van der Waals surface area contributed by atoms with Gasteiger partial charge in [-0.05, 0) is 30.5 Å². The van der Waals surface area contributed by atoms with Gasteiger partial charge in [-0.25, -0.2) is 13.4 Å². The Morgan fingerprint density at radius 2 is 1.88 bits per heavy atom. The van der Waals surface area contributed by atoms with Crippen molar-refractivity contribution in [1.29, 1.82) is 0 Å². The molecule has 32 heavy (non-hydrogen) atoms. The lowest BCUT2D eigenvalue weighted by molar-refractivity contribution is -0.118. The summed E-state index contributed by atoms with van der Waals surface area (Å²) in [5.74, 6) is 0.700. The summed E-state index contributed by atoms with van der Waals surface area (Å²) < 4.78 is 34.3. The maximum atomic E-state index is 13.3. The van der Waals surface area contributed by atoms with Crippen molar-refractivity contribution in [3.63, 3.8) is 0 Å². The Kier molecular flexibility index (Phi) is 8.21. The van der Waals surface area contributed by atoms with Gasteiger partial charge in [0.2, 0.25) is 12.2 Å². The number of hydrogen-bond acceptors (Lipinski definition) is 7. The van der Waals surface area contributed by atoms with Crippen LogP contribution in [0.15, 0.2) is 35.5 Å². The first-order chi connectivity index (χ1) is 15.2. The molecule has 0 saturated heterocycles. The van der Waals surface area contributed by atoms with E-state index in [2.05, 4.69) is 9.97 Å². The molecule has 1 aliphatic carbocycles. The maximum absolute atomic E-state index is 13.3. The quantitative estimate of drug-likeness (QED) is 0.487. The first kappa shape index (κ1) is 24.6. The standard InChI is InChI=1S/C22H28ClN3O5S/c1-30-22(31-2)18-13-25-20(14-24-18)26(21(27)11-8-15-6-4-5-7-15)16-9-10-19(17(23)12-16)32(3,28)29/h9-10,12-15,22H,4-8,11H2,1-3H3. The highest BCUT2D eigenvalue weighted by molar-refractivity contribution is 7.90. The molecule has 0 radical (unpaired) electrons. The lowest BCUT2D eigenvalue weighted by atomic mass is 10.0. The molecule has 1 saturated carbocycles. The first-order valence-corrected chi connectivity index (χ1v) is 12.7. The average Bonchev–Trinajstić information content (AvgIpc) is 3.27. The van der Waals surface area contributed by atoms with E-state index in [1.54, 1.807) is 6.07 Å². The average molecular weight is 482 g/mol. The fraction of sp³-hybridized carbons (Fsp3) is 0.500. The Hall–Kier alpha value is -2.07. The summed E-state index contributed by atoms with van der Waals surface area (Å²) in [7, 11) is -0.506. The van der Waals surface area contributed by atoms with Gasteiger partial charge in [0.1, 0.15) is 5.69 Å².